The number of nitrogens with two attached hydrogens (primary N) is 1. The van der Waals surface area contributed by atoms with Crippen molar-refractivity contribution in [3.8, 4) is 0 Å². The molecule has 0 amide bonds. The summed E-state index contributed by atoms with van der Waals surface area (Å²) in [5.74, 6) is -2.58. The molecule has 0 aromatic heterocycles. The third-order valence-corrected chi connectivity index (χ3v) is 4.44. The van der Waals surface area contributed by atoms with Crippen LogP contribution < -0.4 is 5.73 Å². The van der Waals surface area contributed by atoms with Crippen LogP contribution in [0.25, 0.3) is 0 Å². The first-order valence-electron chi connectivity index (χ1n) is 6.78. The van der Waals surface area contributed by atoms with Gasteiger partial charge in [0.2, 0.25) is 0 Å². The van der Waals surface area contributed by atoms with E-state index in [-0.39, 0.29) is 5.56 Å². The molecule has 0 spiro atoms. The maximum absolute atomic E-state index is 13.9. The molecule has 4 heteroatoms. The topological polar surface area (TPSA) is 26.0 Å². The Balaban J connectivity index is 2.25. The molecule has 0 aliphatic heterocycles. The molecule has 1 aliphatic rings. The summed E-state index contributed by atoms with van der Waals surface area (Å²) >= 11 is 0. The first-order valence-corrected chi connectivity index (χ1v) is 6.78. The molecule has 0 bridgehead atoms. The van der Waals surface area contributed by atoms with Gasteiger partial charge in [0.05, 0.1) is 0 Å². The maximum atomic E-state index is 13.9. The van der Waals surface area contributed by atoms with Gasteiger partial charge in [0.15, 0.2) is 17.5 Å². The fourth-order valence-corrected chi connectivity index (χ4v) is 3.00. The smallest absolute Gasteiger partial charge is 0.194 e. The minimum Gasteiger partial charge on any atom is -0.321 e. The Morgan fingerprint density at radius 3 is 2.21 bits per heavy atom. The zero-order valence-electron chi connectivity index (χ0n) is 11.3. The highest BCUT2D eigenvalue weighted by atomic mass is 19.2. The van der Waals surface area contributed by atoms with E-state index >= 15 is 0 Å². The van der Waals surface area contributed by atoms with Gasteiger partial charge < -0.3 is 5.73 Å². The lowest BCUT2D eigenvalue weighted by molar-refractivity contribution is 0.191. The maximum Gasteiger partial charge on any atom is 0.194 e. The van der Waals surface area contributed by atoms with Gasteiger partial charge in [-0.25, -0.2) is 13.2 Å². The molecular weight excluding hydrogens is 251 g/mol. The lowest BCUT2D eigenvalue weighted by Gasteiger charge is -2.39. The van der Waals surface area contributed by atoms with Gasteiger partial charge in [0.1, 0.15) is 0 Å². The predicted octanol–water partition coefficient (Wildman–Crippen LogP) is 4.10. The molecule has 19 heavy (non-hydrogen) atoms. The molecule has 0 heterocycles. The van der Waals surface area contributed by atoms with Crippen LogP contribution in [0.4, 0.5) is 13.2 Å². The van der Waals surface area contributed by atoms with Crippen LogP contribution >= 0.6 is 0 Å². The second-order valence-corrected chi connectivity index (χ2v) is 5.96. The minimum absolute atomic E-state index is 0.105. The SMILES string of the molecule is CC(C)C1CCC(N)(c2ccc(F)c(F)c2F)CC1. The van der Waals surface area contributed by atoms with Gasteiger partial charge in [0.25, 0.3) is 0 Å². The Labute approximate surface area is 112 Å². The summed E-state index contributed by atoms with van der Waals surface area (Å²) in [5, 5.41) is 0. The molecule has 1 aromatic carbocycles. The zero-order valence-corrected chi connectivity index (χ0v) is 11.3. The van der Waals surface area contributed by atoms with E-state index in [1.54, 1.807) is 0 Å². The van der Waals surface area contributed by atoms with Crippen molar-refractivity contribution in [2.75, 3.05) is 0 Å². The van der Waals surface area contributed by atoms with E-state index < -0.39 is 23.0 Å². The lowest BCUT2D eigenvalue weighted by atomic mass is 9.70. The molecule has 2 N–H and O–H groups in total. The minimum atomic E-state index is -1.42. The first-order chi connectivity index (χ1) is 8.85. The normalized spacial score (nSPS) is 27.8. The van der Waals surface area contributed by atoms with Gasteiger partial charge >= 0.3 is 0 Å². The number of halogens is 3. The van der Waals surface area contributed by atoms with Gasteiger partial charge in [-0.3, -0.25) is 0 Å². The highest BCUT2D eigenvalue weighted by molar-refractivity contribution is 5.28. The molecule has 1 aliphatic carbocycles. The quantitative estimate of drug-likeness (QED) is 0.805. The fourth-order valence-electron chi connectivity index (χ4n) is 3.00. The van der Waals surface area contributed by atoms with Crippen LogP contribution in [-0.4, -0.2) is 0 Å². The summed E-state index contributed by atoms with van der Waals surface area (Å²) in [4.78, 5) is 0. The zero-order chi connectivity index (χ0) is 14.2. The van der Waals surface area contributed by atoms with Crippen LogP contribution in [0.15, 0.2) is 12.1 Å². The summed E-state index contributed by atoms with van der Waals surface area (Å²) in [6.07, 6.45) is 3.01. The summed E-state index contributed by atoms with van der Waals surface area (Å²) in [7, 11) is 0. The van der Waals surface area contributed by atoms with Crippen LogP contribution in [0, 0.1) is 29.3 Å². The van der Waals surface area contributed by atoms with Crippen molar-refractivity contribution in [1.29, 1.82) is 0 Å². The molecule has 1 saturated carbocycles. The molecule has 0 unspecified atom stereocenters. The van der Waals surface area contributed by atoms with E-state index in [1.165, 1.54) is 6.07 Å². The molecule has 1 aromatic rings. The van der Waals surface area contributed by atoms with Crippen molar-refractivity contribution in [1.82, 2.24) is 0 Å². The third-order valence-electron chi connectivity index (χ3n) is 4.44. The molecule has 2 rings (SSSR count). The average molecular weight is 271 g/mol. The van der Waals surface area contributed by atoms with Gasteiger partial charge in [-0.05, 0) is 43.6 Å². The molecular formula is C15H20F3N. The van der Waals surface area contributed by atoms with Crippen molar-refractivity contribution >= 4 is 0 Å². The monoisotopic (exact) mass is 271 g/mol. The molecule has 1 fully saturated rings. The third kappa shape index (κ3) is 2.64. The molecule has 106 valence electrons. The van der Waals surface area contributed by atoms with Crippen LogP contribution in [0.2, 0.25) is 0 Å². The molecule has 0 saturated heterocycles. The van der Waals surface area contributed by atoms with E-state index in [0.29, 0.717) is 24.7 Å². The van der Waals surface area contributed by atoms with E-state index in [0.717, 1.165) is 18.9 Å². The summed E-state index contributed by atoms with van der Waals surface area (Å²) in [6, 6.07) is 2.24. The van der Waals surface area contributed by atoms with E-state index in [2.05, 4.69) is 13.8 Å². The Hall–Kier alpha value is -1.03. The predicted molar refractivity (Wildman–Crippen MR) is 69.0 cm³/mol. The van der Waals surface area contributed by atoms with Crippen LogP contribution in [0.3, 0.4) is 0 Å². The lowest BCUT2D eigenvalue weighted by Crippen LogP contribution is -2.42. The second-order valence-electron chi connectivity index (χ2n) is 5.96. The fraction of sp³-hybridized carbons (Fsp3) is 0.600. The molecule has 0 atom stereocenters. The summed E-state index contributed by atoms with van der Waals surface area (Å²) < 4.78 is 40.1. The molecule has 0 radical (unpaired) electrons. The Kier molecular flexibility index (Phi) is 3.90. The largest absolute Gasteiger partial charge is 0.321 e. The van der Waals surface area contributed by atoms with E-state index in [1.807, 2.05) is 0 Å². The van der Waals surface area contributed by atoms with Crippen LogP contribution in [0.1, 0.15) is 45.1 Å². The van der Waals surface area contributed by atoms with Crippen molar-refractivity contribution in [3.05, 3.63) is 35.1 Å². The number of hydrogen-bond donors (Lipinski definition) is 1. The van der Waals surface area contributed by atoms with Gasteiger partial charge in [0, 0.05) is 11.1 Å². The van der Waals surface area contributed by atoms with Gasteiger partial charge in [-0.2, -0.15) is 0 Å². The van der Waals surface area contributed by atoms with Crippen LogP contribution in [0.5, 0.6) is 0 Å². The Morgan fingerprint density at radius 2 is 1.68 bits per heavy atom. The first kappa shape index (κ1) is 14.4. The number of rotatable bonds is 2. The number of benzene rings is 1. The molecule has 1 nitrogen and oxygen atoms in total. The van der Waals surface area contributed by atoms with Gasteiger partial charge in [-0.15, -0.1) is 0 Å². The van der Waals surface area contributed by atoms with Crippen molar-refractivity contribution in [3.63, 3.8) is 0 Å². The second kappa shape index (κ2) is 5.16. The van der Waals surface area contributed by atoms with Crippen molar-refractivity contribution < 1.29 is 13.2 Å². The van der Waals surface area contributed by atoms with E-state index in [9.17, 15) is 13.2 Å². The Morgan fingerprint density at radius 1 is 1.11 bits per heavy atom. The Bertz CT molecular complexity index is 463. The van der Waals surface area contributed by atoms with Crippen LogP contribution in [-0.2, 0) is 5.54 Å². The highest BCUT2D eigenvalue weighted by Gasteiger charge is 2.37. The van der Waals surface area contributed by atoms with Crippen molar-refractivity contribution in [2.45, 2.75) is 45.1 Å². The summed E-state index contributed by atoms with van der Waals surface area (Å²) in [5.41, 5.74) is 5.47. The average Bonchev–Trinajstić information content (AvgIpc) is 2.36. The van der Waals surface area contributed by atoms with Gasteiger partial charge in [-0.1, -0.05) is 19.9 Å². The standard InChI is InChI=1S/C15H20F3N/c1-9(2)10-5-7-15(19,8-6-10)11-3-4-12(16)14(18)13(11)17/h3-4,9-10H,5-8,19H2,1-2H3. The summed E-state index contributed by atoms with van der Waals surface area (Å²) in [6.45, 7) is 4.32. The van der Waals surface area contributed by atoms with Crippen molar-refractivity contribution in [2.24, 2.45) is 17.6 Å². The van der Waals surface area contributed by atoms with E-state index in [4.69, 9.17) is 5.73 Å². The number of hydrogen-bond acceptors (Lipinski definition) is 1. The highest BCUT2D eigenvalue weighted by Crippen LogP contribution is 2.41.